The van der Waals surface area contributed by atoms with Gasteiger partial charge >= 0.3 is 0 Å². The lowest BCUT2D eigenvalue weighted by Crippen LogP contribution is -2.29. The molecule has 252 valence electrons. The van der Waals surface area contributed by atoms with Crippen LogP contribution in [-0.4, -0.2) is 18.9 Å². The molecule has 4 aromatic heterocycles. The Morgan fingerprint density at radius 1 is 0.528 bits per heavy atom. The van der Waals surface area contributed by atoms with Crippen LogP contribution in [0, 0.1) is 0 Å². The first kappa shape index (κ1) is 30.0. The highest BCUT2D eigenvalue weighted by atomic mass is 16.5. The van der Waals surface area contributed by atoms with Gasteiger partial charge in [0.25, 0.3) is 0 Å². The summed E-state index contributed by atoms with van der Waals surface area (Å²) in [6.45, 7) is 4.73. The quantitative estimate of drug-likeness (QED) is 0.174. The topological polar surface area (TPSA) is 44.4 Å². The number of nitrogens with zero attached hydrogens (tertiary/aromatic N) is 4. The third-order valence-electron chi connectivity index (χ3n) is 11.4. The zero-order valence-electron chi connectivity index (χ0n) is 29.4. The van der Waals surface area contributed by atoms with Gasteiger partial charge in [-0.3, -0.25) is 8.97 Å². The highest BCUT2D eigenvalue weighted by molar-refractivity contribution is 6.12. The molecular weight excluding hydrogens is 649 g/mol. The van der Waals surface area contributed by atoms with Crippen molar-refractivity contribution in [2.24, 2.45) is 0 Å². The Kier molecular flexibility index (Phi) is 6.30. The molecule has 0 N–H and O–H groups in total. The van der Waals surface area contributed by atoms with E-state index in [1.807, 2.05) is 30.7 Å². The summed E-state index contributed by atoms with van der Waals surface area (Å²) < 4.78 is 11.1. The van der Waals surface area contributed by atoms with E-state index >= 15 is 0 Å². The predicted molar refractivity (Wildman–Crippen MR) is 215 cm³/mol. The van der Waals surface area contributed by atoms with E-state index in [0.717, 1.165) is 55.7 Å². The molecule has 0 saturated heterocycles. The van der Waals surface area contributed by atoms with E-state index in [9.17, 15) is 0 Å². The molecule has 5 heteroatoms. The number of pyridine rings is 2. The van der Waals surface area contributed by atoms with E-state index in [2.05, 4.69) is 156 Å². The van der Waals surface area contributed by atoms with Crippen LogP contribution in [0.1, 0.15) is 47.6 Å². The molecule has 0 amide bonds. The minimum absolute atomic E-state index is 0.112. The summed E-state index contributed by atoms with van der Waals surface area (Å²) in [6.07, 6.45) is 5.77. The number of aromatic nitrogens is 4. The Labute approximate surface area is 306 Å². The molecule has 1 aliphatic rings. The van der Waals surface area contributed by atoms with E-state index in [1.165, 1.54) is 38.6 Å². The third kappa shape index (κ3) is 4.37. The van der Waals surface area contributed by atoms with Crippen molar-refractivity contribution in [3.8, 4) is 17.2 Å². The monoisotopic (exact) mass is 682 g/mol. The molecule has 1 aliphatic carbocycles. The van der Waals surface area contributed by atoms with Crippen LogP contribution in [0.15, 0.2) is 164 Å². The van der Waals surface area contributed by atoms with E-state index in [4.69, 9.17) is 14.7 Å². The molecule has 53 heavy (non-hydrogen) atoms. The van der Waals surface area contributed by atoms with Crippen LogP contribution >= 0.6 is 0 Å². The summed E-state index contributed by atoms with van der Waals surface area (Å²) in [5, 5.41) is 5.72. The summed E-state index contributed by atoms with van der Waals surface area (Å²) in [6, 6.07) is 52.1. The molecule has 0 saturated carbocycles. The van der Waals surface area contributed by atoms with Crippen molar-refractivity contribution >= 4 is 49.3 Å². The molecule has 6 aromatic carbocycles. The number of rotatable bonds is 4. The number of imidazole rings is 1. The Hall–Kier alpha value is -6.72. The molecule has 5 nitrogen and oxygen atoms in total. The minimum Gasteiger partial charge on any atom is -0.457 e. The summed E-state index contributed by atoms with van der Waals surface area (Å²) in [5.74, 6) is 1.62. The largest absolute Gasteiger partial charge is 0.457 e. The number of fused-ring (bicyclic) bond motifs is 11. The lowest BCUT2D eigenvalue weighted by atomic mass is 9.63. The summed E-state index contributed by atoms with van der Waals surface area (Å²) >= 11 is 0. The van der Waals surface area contributed by atoms with Gasteiger partial charge in [0.1, 0.15) is 22.8 Å². The van der Waals surface area contributed by atoms with Gasteiger partial charge in [-0.2, -0.15) is 0 Å². The van der Waals surface area contributed by atoms with Crippen molar-refractivity contribution in [3.63, 3.8) is 0 Å². The van der Waals surface area contributed by atoms with Crippen LogP contribution in [0.3, 0.4) is 0 Å². The minimum atomic E-state index is -0.177. The SMILES string of the molecule is CC1(C)c2ccccc2C(c2ccccc2)c2cc3c(cc21)c1cccnc1n3-c1cccc(Oc2ccc3c4ccccc4n4ccnc4c3c2)c1. The zero-order valence-corrected chi connectivity index (χ0v) is 29.4. The molecule has 1 atom stereocenters. The van der Waals surface area contributed by atoms with Gasteiger partial charge in [0.2, 0.25) is 0 Å². The normalized spacial score (nSPS) is 14.9. The highest BCUT2D eigenvalue weighted by Gasteiger charge is 2.38. The van der Waals surface area contributed by atoms with Crippen molar-refractivity contribution in [1.82, 2.24) is 18.9 Å². The molecular formula is C48H34N4O. The summed E-state index contributed by atoms with van der Waals surface area (Å²) in [7, 11) is 0. The fraction of sp³-hybridized carbons (Fsp3) is 0.0833. The summed E-state index contributed by atoms with van der Waals surface area (Å²) in [4.78, 5) is 9.71. The molecule has 0 bridgehead atoms. The van der Waals surface area contributed by atoms with Gasteiger partial charge in [-0.1, -0.05) is 92.7 Å². The third-order valence-corrected chi connectivity index (χ3v) is 11.4. The van der Waals surface area contributed by atoms with E-state index in [1.54, 1.807) is 0 Å². The lowest BCUT2D eigenvalue weighted by Gasteiger charge is -2.40. The van der Waals surface area contributed by atoms with Crippen molar-refractivity contribution in [2.75, 3.05) is 0 Å². The Morgan fingerprint density at radius 3 is 2.25 bits per heavy atom. The van der Waals surface area contributed by atoms with Crippen LogP contribution in [0.4, 0.5) is 0 Å². The number of para-hydroxylation sites is 1. The van der Waals surface area contributed by atoms with Crippen molar-refractivity contribution in [3.05, 3.63) is 192 Å². The van der Waals surface area contributed by atoms with Crippen molar-refractivity contribution in [1.29, 1.82) is 0 Å². The number of hydrogen-bond donors (Lipinski definition) is 0. The van der Waals surface area contributed by atoms with E-state index < -0.39 is 0 Å². The first-order valence-electron chi connectivity index (χ1n) is 18.2. The molecule has 0 spiro atoms. The second kappa shape index (κ2) is 11.1. The highest BCUT2D eigenvalue weighted by Crippen LogP contribution is 2.51. The van der Waals surface area contributed by atoms with Gasteiger partial charge in [-0.25, -0.2) is 9.97 Å². The maximum Gasteiger partial charge on any atom is 0.145 e. The molecule has 1 unspecified atom stereocenters. The van der Waals surface area contributed by atoms with Gasteiger partial charge in [-0.05, 0) is 93.9 Å². The second-order valence-electron chi connectivity index (χ2n) is 14.7. The zero-order chi connectivity index (χ0) is 35.3. The first-order chi connectivity index (χ1) is 26.0. The van der Waals surface area contributed by atoms with Gasteiger partial charge in [0.05, 0.1) is 16.7 Å². The maximum atomic E-state index is 6.65. The van der Waals surface area contributed by atoms with Crippen LogP contribution in [0.5, 0.6) is 11.5 Å². The fourth-order valence-corrected chi connectivity index (χ4v) is 9.02. The number of hydrogen-bond acceptors (Lipinski definition) is 3. The number of benzene rings is 6. The van der Waals surface area contributed by atoms with Gasteiger partial charge in [-0.15, -0.1) is 0 Å². The van der Waals surface area contributed by atoms with Crippen LogP contribution in [0.2, 0.25) is 0 Å². The summed E-state index contributed by atoms with van der Waals surface area (Å²) in [5.41, 5.74) is 11.6. The molecule has 0 aliphatic heterocycles. The van der Waals surface area contributed by atoms with Crippen molar-refractivity contribution < 1.29 is 4.74 Å². The van der Waals surface area contributed by atoms with Gasteiger partial charge in [0.15, 0.2) is 0 Å². The molecule has 0 radical (unpaired) electrons. The molecule has 11 rings (SSSR count). The fourth-order valence-electron chi connectivity index (χ4n) is 9.02. The lowest BCUT2D eigenvalue weighted by molar-refractivity contribution is 0.483. The maximum absolute atomic E-state index is 6.65. The molecule has 0 fully saturated rings. The first-order valence-corrected chi connectivity index (χ1v) is 18.2. The standard InChI is InChI=1S/C48H34N4O/c1-48(2)41-19-8-6-17-37(41)45(30-12-4-3-5-13-30)40-29-44-38(28-42(40)48)36-18-11-23-49-47(36)52(44)31-14-10-15-32(26-31)53-33-21-22-34-35-16-7-9-20-43(35)51-25-24-50-46(51)39(34)27-33/h3-29,45H,1-2H3. The smallest absolute Gasteiger partial charge is 0.145 e. The van der Waals surface area contributed by atoms with Crippen LogP contribution in [0.25, 0.3) is 54.9 Å². The molecule has 10 aromatic rings. The van der Waals surface area contributed by atoms with Gasteiger partial charge in [0, 0.05) is 57.5 Å². The average molecular weight is 683 g/mol. The van der Waals surface area contributed by atoms with Crippen LogP contribution in [-0.2, 0) is 5.41 Å². The predicted octanol–water partition coefficient (Wildman–Crippen LogP) is 11.7. The van der Waals surface area contributed by atoms with Gasteiger partial charge < -0.3 is 4.74 Å². The Balaban J connectivity index is 1.08. The number of ether oxygens (including phenoxy) is 1. The van der Waals surface area contributed by atoms with E-state index in [-0.39, 0.29) is 11.3 Å². The van der Waals surface area contributed by atoms with Crippen molar-refractivity contribution in [2.45, 2.75) is 25.2 Å². The Morgan fingerprint density at radius 2 is 1.32 bits per heavy atom. The van der Waals surface area contributed by atoms with Crippen LogP contribution < -0.4 is 4.74 Å². The molecule has 4 heterocycles. The second-order valence-corrected chi connectivity index (χ2v) is 14.7. The van der Waals surface area contributed by atoms with E-state index in [0.29, 0.717) is 0 Å². The average Bonchev–Trinajstić information content (AvgIpc) is 3.82. The Bertz CT molecular complexity index is 3080.